The zero-order valence-corrected chi connectivity index (χ0v) is 22.1. The summed E-state index contributed by atoms with van der Waals surface area (Å²) in [6.07, 6.45) is 4.99. The van der Waals surface area contributed by atoms with Gasteiger partial charge in [0.25, 0.3) is 5.91 Å². The Labute approximate surface area is 220 Å². The molecule has 2 aliphatic heterocycles. The number of ether oxygens (including phenoxy) is 1. The van der Waals surface area contributed by atoms with E-state index in [4.69, 9.17) is 22.1 Å². The van der Waals surface area contributed by atoms with Crippen molar-refractivity contribution in [3.8, 4) is 22.7 Å². The van der Waals surface area contributed by atoms with E-state index >= 15 is 0 Å². The predicted molar refractivity (Wildman–Crippen MR) is 147 cm³/mol. The molecular weight excluding hydrogens is 515 g/mol. The van der Waals surface area contributed by atoms with Gasteiger partial charge in [-0.1, -0.05) is 61.2 Å². The highest BCUT2D eigenvalue weighted by Crippen LogP contribution is 2.38. The number of sulfone groups is 1. The zero-order chi connectivity index (χ0) is 25.3. The van der Waals surface area contributed by atoms with Gasteiger partial charge in [-0.3, -0.25) is 9.69 Å². The summed E-state index contributed by atoms with van der Waals surface area (Å²) in [5, 5.41) is 4.84. The molecular formula is C26H25N3O4S3. The molecule has 1 amide bonds. The lowest BCUT2D eigenvalue weighted by Gasteiger charge is -2.20. The van der Waals surface area contributed by atoms with Crippen molar-refractivity contribution in [1.82, 2.24) is 14.7 Å². The third-order valence-corrected chi connectivity index (χ3v) is 9.11. The Morgan fingerprint density at radius 3 is 2.72 bits per heavy atom. The first kappa shape index (κ1) is 24.7. The molecule has 2 fully saturated rings. The van der Waals surface area contributed by atoms with Gasteiger partial charge in [0.1, 0.15) is 15.8 Å². The molecule has 3 aromatic rings. The van der Waals surface area contributed by atoms with Gasteiger partial charge in [0, 0.05) is 17.3 Å². The van der Waals surface area contributed by atoms with E-state index in [1.54, 1.807) is 10.8 Å². The van der Waals surface area contributed by atoms with Crippen LogP contribution in [0.25, 0.3) is 23.0 Å². The minimum absolute atomic E-state index is 0.0472. The number of benzene rings is 2. The lowest BCUT2D eigenvalue weighted by atomic mass is 10.1. The van der Waals surface area contributed by atoms with Crippen molar-refractivity contribution in [1.29, 1.82) is 0 Å². The van der Waals surface area contributed by atoms with Gasteiger partial charge in [0.05, 0.1) is 34.7 Å². The van der Waals surface area contributed by atoms with Crippen LogP contribution in [0.3, 0.4) is 0 Å². The lowest BCUT2D eigenvalue weighted by molar-refractivity contribution is -0.123. The molecule has 0 radical (unpaired) electrons. The van der Waals surface area contributed by atoms with Crippen LogP contribution in [0.5, 0.6) is 5.75 Å². The number of nitrogens with zero attached hydrogens (tertiary/aromatic N) is 3. The summed E-state index contributed by atoms with van der Waals surface area (Å²) in [4.78, 5) is 15.2. The highest BCUT2D eigenvalue weighted by molar-refractivity contribution is 8.26. The molecule has 0 bridgehead atoms. The molecule has 2 saturated heterocycles. The van der Waals surface area contributed by atoms with E-state index in [1.165, 1.54) is 16.7 Å². The SMILES string of the molecule is CCCOc1cccc(-c2nn(-c3ccccc3)cc2/C=C2\SC(=S)N(C3CCS(=O)(=O)C3)C2=O)c1. The van der Waals surface area contributed by atoms with Crippen LogP contribution >= 0.6 is 24.0 Å². The second-order valence-corrected chi connectivity index (χ2v) is 12.6. The van der Waals surface area contributed by atoms with Gasteiger partial charge >= 0.3 is 0 Å². The first-order valence-corrected chi connectivity index (χ1v) is 14.7. The summed E-state index contributed by atoms with van der Waals surface area (Å²) in [6.45, 7) is 2.68. The Morgan fingerprint density at radius 2 is 2.00 bits per heavy atom. The topological polar surface area (TPSA) is 81.5 Å². The highest BCUT2D eigenvalue weighted by atomic mass is 32.2. The normalized spacial score (nSPS) is 20.4. The summed E-state index contributed by atoms with van der Waals surface area (Å²) >= 11 is 6.68. The van der Waals surface area contributed by atoms with Gasteiger partial charge < -0.3 is 4.74 Å². The van der Waals surface area contributed by atoms with Crippen molar-refractivity contribution in [2.75, 3.05) is 18.1 Å². The lowest BCUT2D eigenvalue weighted by Crippen LogP contribution is -2.39. The summed E-state index contributed by atoms with van der Waals surface area (Å²) < 4.78 is 32.0. The number of aromatic nitrogens is 2. The Balaban J connectivity index is 1.53. The van der Waals surface area contributed by atoms with Gasteiger partial charge in [-0.25, -0.2) is 13.1 Å². The third-order valence-electron chi connectivity index (χ3n) is 6.03. The van der Waals surface area contributed by atoms with Crippen LogP contribution in [0.4, 0.5) is 0 Å². The summed E-state index contributed by atoms with van der Waals surface area (Å²) in [5.74, 6) is 0.529. The van der Waals surface area contributed by atoms with Gasteiger partial charge in [0.15, 0.2) is 9.84 Å². The number of amides is 1. The molecule has 1 aromatic heterocycles. The molecule has 0 aliphatic carbocycles. The third kappa shape index (κ3) is 5.11. The Morgan fingerprint density at radius 1 is 1.19 bits per heavy atom. The molecule has 2 aromatic carbocycles. The van der Waals surface area contributed by atoms with E-state index in [-0.39, 0.29) is 17.4 Å². The molecule has 36 heavy (non-hydrogen) atoms. The number of thiocarbonyl (C=S) groups is 1. The zero-order valence-electron chi connectivity index (χ0n) is 19.7. The van der Waals surface area contributed by atoms with Crippen LogP contribution in [0, 0.1) is 0 Å². The molecule has 186 valence electrons. The predicted octanol–water partition coefficient (Wildman–Crippen LogP) is 4.72. The molecule has 10 heteroatoms. The van der Waals surface area contributed by atoms with E-state index in [0.717, 1.165) is 29.0 Å². The second kappa shape index (κ2) is 10.2. The van der Waals surface area contributed by atoms with Crippen molar-refractivity contribution >= 4 is 50.1 Å². The van der Waals surface area contributed by atoms with Crippen LogP contribution in [0.15, 0.2) is 65.7 Å². The van der Waals surface area contributed by atoms with Crippen molar-refractivity contribution < 1.29 is 17.9 Å². The van der Waals surface area contributed by atoms with Gasteiger partial charge in [-0.15, -0.1) is 0 Å². The van der Waals surface area contributed by atoms with E-state index in [0.29, 0.717) is 27.9 Å². The molecule has 1 unspecified atom stereocenters. The largest absolute Gasteiger partial charge is 0.494 e. The maximum absolute atomic E-state index is 13.3. The smallest absolute Gasteiger partial charge is 0.266 e. The summed E-state index contributed by atoms with van der Waals surface area (Å²) in [7, 11) is -3.14. The number of para-hydroxylation sites is 1. The number of carbonyl (C=O) groups excluding carboxylic acids is 1. The van der Waals surface area contributed by atoms with Crippen LogP contribution in [0.2, 0.25) is 0 Å². The van der Waals surface area contributed by atoms with Gasteiger partial charge in [-0.2, -0.15) is 5.10 Å². The van der Waals surface area contributed by atoms with E-state index in [9.17, 15) is 13.2 Å². The first-order valence-electron chi connectivity index (χ1n) is 11.7. The molecule has 2 aliphatic rings. The average molecular weight is 540 g/mol. The standard InChI is InChI=1S/C26H25N3O4S3/c1-2-12-33-22-10-6-7-18(14-22)24-19(16-28(27-24)20-8-4-3-5-9-20)15-23-25(30)29(26(34)35-23)21-11-13-36(31,32)17-21/h3-10,14-16,21H,2,11-13,17H2,1H3/b23-15-. The van der Waals surface area contributed by atoms with Crippen LogP contribution in [0.1, 0.15) is 25.3 Å². The minimum atomic E-state index is -3.14. The van der Waals surface area contributed by atoms with Crippen molar-refractivity contribution in [2.24, 2.45) is 0 Å². The molecule has 1 atom stereocenters. The van der Waals surface area contributed by atoms with Crippen LogP contribution in [-0.4, -0.2) is 57.5 Å². The summed E-state index contributed by atoms with van der Waals surface area (Å²) in [6, 6.07) is 17.1. The monoisotopic (exact) mass is 539 g/mol. The van der Waals surface area contributed by atoms with E-state index in [2.05, 4.69) is 6.92 Å². The number of carbonyl (C=O) groups is 1. The van der Waals surface area contributed by atoms with Crippen molar-refractivity contribution in [3.05, 3.63) is 71.3 Å². The molecule has 0 saturated carbocycles. The average Bonchev–Trinajstić information content (AvgIpc) is 3.53. The maximum atomic E-state index is 13.3. The minimum Gasteiger partial charge on any atom is -0.494 e. The first-order chi connectivity index (χ1) is 17.3. The Bertz CT molecular complexity index is 1450. The quantitative estimate of drug-likeness (QED) is 0.318. The van der Waals surface area contributed by atoms with Gasteiger partial charge in [-0.05, 0) is 43.2 Å². The Hall–Kier alpha value is -2.95. The molecule has 5 rings (SSSR count). The number of hydrogen-bond donors (Lipinski definition) is 0. The maximum Gasteiger partial charge on any atom is 0.266 e. The fourth-order valence-electron chi connectivity index (χ4n) is 4.30. The fourth-order valence-corrected chi connectivity index (χ4v) is 7.39. The van der Waals surface area contributed by atoms with E-state index in [1.807, 2.05) is 60.8 Å². The molecule has 0 spiro atoms. The van der Waals surface area contributed by atoms with E-state index < -0.39 is 15.9 Å². The van der Waals surface area contributed by atoms with Gasteiger partial charge in [0.2, 0.25) is 0 Å². The number of hydrogen-bond acceptors (Lipinski definition) is 7. The number of rotatable bonds is 7. The van der Waals surface area contributed by atoms with Crippen molar-refractivity contribution in [2.45, 2.75) is 25.8 Å². The van der Waals surface area contributed by atoms with Crippen LogP contribution < -0.4 is 4.74 Å². The number of thioether (sulfide) groups is 1. The molecule has 3 heterocycles. The molecule has 0 N–H and O–H groups in total. The van der Waals surface area contributed by atoms with Crippen molar-refractivity contribution in [3.63, 3.8) is 0 Å². The van der Waals surface area contributed by atoms with Crippen LogP contribution in [-0.2, 0) is 14.6 Å². The highest BCUT2D eigenvalue weighted by Gasteiger charge is 2.42. The second-order valence-electron chi connectivity index (χ2n) is 8.70. The molecule has 7 nitrogen and oxygen atoms in total. The fraction of sp³-hybridized carbons (Fsp3) is 0.269. The summed E-state index contributed by atoms with van der Waals surface area (Å²) in [5.41, 5.74) is 3.21. The Kier molecular flexibility index (Phi) is 7.00.